The fourth-order valence-corrected chi connectivity index (χ4v) is 4.49. The van der Waals surface area contributed by atoms with Gasteiger partial charge in [0.2, 0.25) is 5.91 Å². The van der Waals surface area contributed by atoms with Gasteiger partial charge >= 0.3 is 6.18 Å². The zero-order valence-corrected chi connectivity index (χ0v) is 20.7. The normalized spacial score (nSPS) is 15.0. The van der Waals surface area contributed by atoms with Gasteiger partial charge in [0.25, 0.3) is 0 Å². The van der Waals surface area contributed by atoms with Crippen LogP contribution in [0.3, 0.4) is 0 Å². The van der Waals surface area contributed by atoms with Crippen LogP contribution < -0.4 is 5.32 Å². The third kappa shape index (κ3) is 6.32. The summed E-state index contributed by atoms with van der Waals surface area (Å²) in [5.74, 6) is 0.600. The van der Waals surface area contributed by atoms with Crippen LogP contribution in [0.2, 0.25) is 0 Å². The highest BCUT2D eigenvalue weighted by Crippen LogP contribution is 2.29. The summed E-state index contributed by atoms with van der Waals surface area (Å²) in [7, 11) is 0. The lowest BCUT2D eigenvalue weighted by atomic mass is 10.1. The Kier molecular flexibility index (Phi) is 7.62. The predicted octanol–water partition coefficient (Wildman–Crippen LogP) is 4.59. The number of aromatic nitrogens is 2. The van der Waals surface area contributed by atoms with E-state index in [0.29, 0.717) is 31.9 Å². The summed E-state index contributed by atoms with van der Waals surface area (Å²) < 4.78 is 45.7. The maximum atomic E-state index is 12.8. The van der Waals surface area contributed by atoms with E-state index in [9.17, 15) is 18.0 Å². The molecule has 1 aliphatic heterocycles. The number of para-hydroxylation sites is 1. The van der Waals surface area contributed by atoms with E-state index in [1.807, 2.05) is 48.5 Å². The number of halogens is 3. The highest BCUT2D eigenvalue weighted by molar-refractivity contribution is 5.78. The Hall–Kier alpha value is -3.89. The quantitative estimate of drug-likeness (QED) is 0.366. The Morgan fingerprint density at radius 1 is 0.921 bits per heavy atom. The van der Waals surface area contributed by atoms with E-state index in [-0.39, 0.29) is 12.5 Å². The Balaban J connectivity index is 1.11. The lowest BCUT2D eigenvalue weighted by Crippen LogP contribution is -2.49. The van der Waals surface area contributed by atoms with E-state index >= 15 is 0 Å². The molecule has 3 heterocycles. The van der Waals surface area contributed by atoms with Crippen LogP contribution in [-0.4, -0.2) is 58.2 Å². The summed E-state index contributed by atoms with van der Waals surface area (Å²) in [6.45, 7) is 4.04. The van der Waals surface area contributed by atoms with Crippen LogP contribution in [0.15, 0.2) is 83.5 Å². The number of amides is 1. The lowest BCUT2D eigenvalue weighted by molar-refractivity contribution is -0.137. The second-order valence-electron chi connectivity index (χ2n) is 9.27. The standard InChI is InChI=1S/C28H28F3N5O2/c29-28(30,31)22-10-8-21(9-11-22)19-34-12-14-35(15-13-34)20-27(37)32-18-23-17-25(26-7-4-16-38-26)36(33-23)24-5-2-1-3-6-24/h1-11,16-17H,12-15,18-20H2,(H,32,37). The van der Waals surface area contributed by atoms with Gasteiger partial charge in [0, 0.05) is 32.7 Å². The monoisotopic (exact) mass is 523 g/mol. The topological polar surface area (TPSA) is 66.5 Å². The number of carbonyl (C=O) groups is 1. The van der Waals surface area contributed by atoms with E-state index in [1.165, 1.54) is 12.1 Å². The molecule has 1 saturated heterocycles. The van der Waals surface area contributed by atoms with Gasteiger partial charge in [0.15, 0.2) is 5.76 Å². The molecule has 0 atom stereocenters. The number of carbonyl (C=O) groups excluding carboxylic acids is 1. The SMILES string of the molecule is O=C(CN1CCN(Cc2ccc(C(F)(F)F)cc2)CC1)NCc1cc(-c2ccco2)n(-c2ccccc2)n1. The molecule has 4 aromatic rings. The first kappa shape index (κ1) is 25.7. The molecule has 38 heavy (non-hydrogen) atoms. The summed E-state index contributed by atoms with van der Waals surface area (Å²) >= 11 is 0. The first-order valence-corrected chi connectivity index (χ1v) is 12.4. The van der Waals surface area contributed by atoms with Crippen LogP contribution >= 0.6 is 0 Å². The summed E-state index contributed by atoms with van der Waals surface area (Å²) in [6, 6.07) is 20.6. The number of furan rings is 1. The molecule has 10 heteroatoms. The Bertz CT molecular complexity index is 1330. The van der Waals surface area contributed by atoms with E-state index < -0.39 is 11.7 Å². The summed E-state index contributed by atoms with van der Waals surface area (Å²) in [4.78, 5) is 16.9. The Labute approximate surface area is 218 Å². The van der Waals surface area contributed by atoms with E-state index in [1.54, 1.807) is 10.9 Å². The van der Waals surface area contributed by atoms with Gasteiger partial charge < -0.3 is 9.73 Å². The average molecular weight is 524 g/mol. The van der Waals surface area contributed by atoms with Crippen molar-refractivity contribution < 1.29 is 22.4 Å². The van der Waals surface area contributed by atoms with Crippen LogP contribution in [0.5, 0.6) is 0 Å². The average Bonchev–Trinajstić information content (AvgIpc) is 3.59. The predicted molar refractivity (Wildman–Crippen MR) is 136 cm³/mol. The van der Waals surface area contributed by atoms with E-state index in [0.717, 1.165) is 47.9 Å². The fraction of sp³-hybridized carbons (Fsp3) is 0.286. The van der Waals surface area contributed by atoms with Gasteiger partial charge in [-0.3, -0.25) is 14.6 Å². The number of alkyl halides is 3. The molecule has 2 aromatic heterocycles. The van der Waals surface area contributed by atoms with E-state index in [4.69, 9.17) is 4.42 Å². The number of nitrogens with zero attached hydrogens (tertiary/aromatic N) is 4. The minimum absolute atomic E-state index is 0.0880. The van der Waals surface area contributed by atoms with E-state index in [2.05, 4.69) is 20.2 Å². The van der Waals surface area contributed by atoms with Crippen LogP contribution in [0.25, 0.3) is 17.1 Å². The van der Waals surface area contributed by atoms with Gasteiger partial charge in [-0.2, -0.15) is 18.3 Å². The first-order valence-electron chi connectivity index (χ1n) is 12.4. The molecule has 1 fully saturated rings. The molecule has 0 spiro atoms. The number of hydrogen-bond donors (Lipinski definition) is 1. The molecule has 198 valence electrons. The van der Waals surface area contributed by atoms with Crippen molar-refractivity contribution in [2.24, 2.45) is 0 Å². The number of benzene rings is 2. The molecule has 1 N–H and O–H groups in total. The summed E-state index contributed by atoms with van der Waals surface area (Å²) in [5, 5.41) is 7.64. The maximum Gasteiger partial charge on any atom is 0.416 e. The summed E-state index contributed by atoms with van der Waals surface area (Å²) in [5.41, 5.74) is 2.62. The second-order valence-corrected chi connectivity index (χ2v) is 9.27. The smallest absolute Gasteiger partial charge is 0.416 e. The highest BCUT2D eigenvalue weighted by atomic mass is 19.4. The number of hydrogen-bond acceptors (Lipinski definition) is 5. The molecule has 1 amide bonds. The van der Waals surface area contributed by atoms with Gasteiger partial charge in [-0.15, -0.1) is 0 Å². The molecule has 0 radical (unpaired) electrons. The Morgan fingerprint density at radius 2 is 1.63 bits per heavy atom. The van der Waals surface area contributed by atoms with Gasteiger partial charge in [0.05, 0.1) is 36.3 Å². The van der Waals surface area contributed by atoms with Crippen LogP contribution in [-0.2, 0) is 24.1 Å². The third-order valence-corrected chi connectivity index (χ3v) is 6.52. The van der Waals surface area contributed by atoms with Crippen molar-refractivity contribution in [3.05, 3.63) is 95.9 Å². The van der Waals surface area contributed by atoms with Crippen molar-refractivity contribution in [2.45, 2.75) is 19.3 Å². The molecule has 0 aliphatic carbocycles. The zero-order chi connectivity index (χ0) is 26.5. The molecule has 2 aromatic carbocycles. The molecule has 5 rings (SSSR count). The molecule has 0 bridgehead atoms. The molecule has 0 unspecified atom stereocenters. The van der Waals surface area contributed by atoms with Gasteiger partial charge in [-0.25, -0.2) is 4.68 Å². The largest absolute Gasteiger partial charge is 0.463 e. The second kappa shape index (κ2) is 11.2. The number of rotatable bonds is 8. The van der Waals surface area contributed by atoms with Crippen molar-refractivity contribution in [3.8, 4) is 17.1 Å². The Morgan fingerprint density at radius 3 is 2.29 bits per heavy atom. The molecule has 1 aliphatic rings. The van der Waals surface area contributed by atoms with Gasteiger partial charge in [-0.05, 0) is 48.0 Å². The van der Waals surface area contributed by atoms with Crippen LogP contribution in [0.4, 0.5) is 13.2 Å². The van der Waals surface area contributed by atoms with Crippen molar-refractivity contribution in [1.82, 2.24) is 24.9 Å². The molecule has 0 saturated carbocycles. The molecule has 7 nitrogen and oxygen atoms in total. The number of piperazine rings is 1. The van der Waals surface area contributed by atoms with Crippen molar-refractivity contribution in [2.75, 3.05) is 32.7 Å². The third-order valence-electron chi connectivity index (χ3n) is 6.52. The first-order chi connectivity index (χ1) is 18.3. The minimum atomic E-state index is -4.33. The minimum Gasteiger partial charge on any atom is -0.463 e. The van der Waals surface area contributed by atoms with Gasteiger partial charge in [-0.1, -0.05) is 30.3 Å². The van der Waals surface area contributed by atoms with Crippen molar-refractivity contribution in [3.63, 3.8) is 0 Å². The number of nitrogens with one attached hydrogen (secondary N) is 1. The molecular weight excluding hydrogens is 495 g/mol. The zero-order valence-electron chi connectivity index (χ0n) is 20.7. The molecular formula is C28H28F3N5O2. The summed E-state index contributed by atoms with van der Waals surface area (Å²) in [6.07, 6.45) is -2.71. The maximum absolute atomic E-state index is 12.8. The fourth-order valence-electron chi connectivity index (χ4n) is 4.49. The lowest BCUT2D eigenvalue weighted by Gasteiger charge is -2.34. The van der Waals surface area contributed by atoms with Crippen molar-refractivity contribution in [1.29, 1.82) is 0 Å². The van der Waals surface area contributed by atoms with Crippen LogP contribution in [0, 0.1) is 0 Å². The van der Waals surface area contributed by atoms with Gasteiger partial charge in [0.1, 0.15) is 5.69 Å². The van der Waals surface area contributed by atoms with Crippen LogP contribution in [0.1, 0.15) is 16.8 Å². The highest BCUT2D eigenvalue weighted by Gasteiger charge is 2.30. The van der Waals surface area contributed by atoms with Crippen molar-refractivity contribution >= 4 is 5.91 Å².